The molecule has 0 N–H and O–H groups in total. The summed E-state index contributed by atoms with van der Waals surface area (Å²) in [4.78, 5) is 4.85. The van der Waals surface area contributed by atoms with E-state index in [0.717, 1.165) is 16.7 Å². The van der Waals surface area contributed by atoms with Crippen molar-refractivity contribution in [1.82, 2.24) is 9.55 Å². The fourth-order valence-electron chi connectivity index (χ4n) is 3.04. The zero-order valence-corrected chi connectivity index (χ0v) is 13.2. The van der Waals surface area contributed by atoms with Crippen molar-refractivity contribution in [2.75, 3.05) is 0 Å². The van der Waals surface area contributed by atoms with Crippen LogP contribution in [0, 0.1) is 13.8 Å². The van der Waals surface area contributed by atoms with E-state index >= 15 is 0 Å². The van der Waals surface area contributed by atoms with E-state index in [1.54, 1.807) is 11.3 Å². The van der Waals surface area contributed by atoms with Crippen LogP contribution in [-0.4, -0.2) is 9.55 Å². The van der Waals surface area contributed by atoms with Gasteiger partial charge in [0.15, 0.2) is 0 Å². The summed E-state index contributed by atoms with van der Waals surface area (Å²) < 4.78 is 2.48. The molecular weight excluding hydrogens is 276 g/mol. The van der Waals surface area contributed by atoms with Crippen molar-refractivity contribution in [3.8, 4) is 21.8 Å². The van der Waals surface area contributed by atoms with E-state index in [4.69, 9.17) is 4.98 Å². The van der Waals surface area contributed by atoms with Crippen LogP contribution in [0.2, 0.25) is 0 Å². The first kappa shape index (κ1) is 12.8. The molecular formula is C18H18N2S. The number of aryl methyl sites for hydroxylation is 1. The second-order valence-corrected chi connectivity index (χ2v) is 6.65. The van der Waals surface area contributed by atoms with Crippen LogP contribution in [-0.2, 0) is 0 Å². The third kappa shape index (κ3) is 2.22. The zero-order chi connectivity index (χ0) is 14.4. The Morgan fingerprint density at radius 3 is 2.62 bits per heavy atom. The molecule has 1 fully saturated rings. The van der Waals surface area contributed by atoms with Crippen LogP contribution in [0.3, 0.4) is 0 Å². The van der Waals surface area contributed by atoms with Gasteiger partial charge in [0.05, 0.1) is 5.69 Å². The van der Waals surface area contributed by atoms with Crippen molar-refractivity contribution in [2.24, 2.45) is 0 Å². The van der Waals surface area contributed by atoms with Gasteiger partial charge in [-0.05, 0) is 32.8 Å². The molecule has 3 heteroatoms. The van der Waals surface area contributed by atoms with Gasteiger partial charge in [-0.25, -0.2) is 4.98 Å². The van der Waals surface area contributed by atoms with E-state index in [1.807, 2.05) is 6.07 Å². The van der Waals surface area contributed by atoms with Gasteiger partial charge in [0.1, 0.15) is 5.01 Å². The third-order valence-electron chi connectivity index (χ3n) is 4.20. The van der Waals surface area contributed by atoms with Crippen LogP contribution in [0.4, 0.5) is 0 Å². The molecule has 0 saturated heterocycles. The summed E-state index contributed by atoms with van der Waals surface area (Å²) >= 11 is 1.72. The maximum absolute atomic E-state index is 4.85. The van der Waals surface area contributed by atoms with E-state index < -0.39 is 0 Å². The van der Waals surface area contributed by atoms with Crippen LogP contribution in [0.1, 0.15) is 30.3 Å². The van der Waals surface area contributed by atoms with E-state index in [-0.39, 0.29) is 0 Å². The molecule has 1 aromatic carbocycles. The number of hydrogen-bond donors (Lipinski definition) is 0. The van der Waals surface area contributed by atoms with Crippen LogP contribution in [0.15, 0.2) is 41.8 Å². The van der Waals surface area contributed by atoms with Crippen LogP contribution < -0.4 is 0 Å². The highest BCUT2D eigenvalue weighted by molar-refractivity contribution is 7.13. The molecule has 21 heavy (non-hydrogen) atoms. The first-order valence-corrected chi connectivity index (χ1v) is 8.32. The monoisotopic (exact) mass is 294 g/mol. The molecule has 2 nitrogen and oxygen atoms in total. The molecule has 1 saturated carbocycles. The Morgan fingerprint density at radius 2 is 1.90 bits per heavy atom. The highest BCUT2D eigenvalue weighted by atomic mass is 32.1. The summed E-state index contributed by atoms with van der Waals surface area (Å²) in [5.41, 5.74) is 6.32. The highest BCUT2D eigenvalue weighted by Gasteiger charge is 2.27. The van der Waals surface area contributed by atoms with Gasteiger partial charge in [0.25, 0.3) is 0 Å². The largest absolute Gasteiger partial charge is 0.345 e. The Morgan fingerprint density at radius 1 is 1.14 bits per heavy atom. The molecule has 0 amide bonds. The Balaban J connectivity index is 1.75. The number of benzene rings is 1. The quantitative estimate of drug-likeness (QED) is 0.646. The van der Waals surface area contributed by atoms with E-state index in [1.165, 1.54) is 35.4 Å². The summed E-state index contributed by atoms with van der Waals surface area (Å²) in [6, 6.07) is 13.4. The maximum atomic E-state index is 4.85. The Labute approximate surface area is 129 Å². The first-order chi connectivity index (χ1) is 10.2. The number of aromatic nitrogens is 2. The van der Waals surface area contributed by atoms with Gasteiger partial charge >= 0.3 is 0 Å². The van der Waals surface area contributed by atoms with E-state index in [2.05, 4.69) is 54.1 Å². The average Bonchev–Trinajstić information content (AvgIpc) is 3.12. The molecule has 2 aromatic heterocycles. The second kappa shape index (κ2) is 4.85. The maximum Gasteiger partial charge on any atom is 0.124 e. The van der Waals surface area contributed by atoms with E-state index in [9.17, 15) is 0 Å². The molecule has 0 aliphatic heterocycles. The molecule has 0 unspecified atom stereocenters. The minimum absolute atomic E-state index is 0.728. The molecule has 106 valence electrons. The van der Waals surface area contributed by atoms with Crippen molar-refractivity contribution >= 4 is 11.3 Å². The van der Waals surface area contributed by atoms with Gasteiger partial charge in [-0.2, -0.15) is 0 Å². The predicted molar refractivity (Wildman–Crippen MR) is 88.7 cm³/mol. The molecule has 0 bridgehead atoms. The van der Waals surface area contributed by atoms with Crippen molar-refractivity contribution in [3.05, 3.63) is 53.2 Å². The summed E-state index contributed by atoms with van der Waals surface area (Å²) in [6.07, 6.45) is 2.64. The molecule has 0 atom stereocenters. The van der Waals surface area contributed by atoms with Gasteiger partial charge in [0, 0.05) is 33.9 Å². The minimum Gasteiger partial charge on any atom is -0.345 e. The average molecular weight is 294 g/mol. The van der Waals surface area contributed by atoms with Crippen molar-refractivity contribution in [2.45, 2.75) is 32.7 Å². The van der Waals surface area contributed by atoms with Crippen LogP contribution in [0.25, 0.3) is 21.8 Å². The molecule has 1 aliphatic rings. The summed E-state index contributed by atoms with van der Waals surface area (Å²) in [5.74, 6) is 0. The Bertz CT molecular complexity index is 779. The van der Waals surface area contributed by atoms with Gasteiger partial charge < -0.3 is 4.57 Å². The van der Waals surface area contributed by atoms with Crippen LogP contribution >= 0.6 is 11.3 Å². The summed E-state index contributed by atoms with van der Waals surface area (Å²) in [5, 5.41) is 3.28. The predicted octanol–water partition coefficient (Wildman–Crippen LogP) is 5.23. The molecule has 3 aromatic rings. The fourth-order valence-corrected chi connectivity index (χ4v) is 3.87. The second-order valence-electron chi connectivity index (χ2n) is 5.79. The molecule has 0 spiro atoms. The standard InChI is InChI=1S/C18H18N2S/c1-12-10-16(13(2)20(12)15-8-9-15)17-11-21-18(19-17)14-6-4-3-5-7-14/h3-7,10-11,15H,8-9H2,1-2H3. The lowest BCUT2D eigenvalue weighted by Crippen LogP contribution is -1.98. The molecule has 0 radical (unpaired) electrons. The minimum atomic E-state index is 0.728. The van der Waals surface area contributed by atoms with Crippen molar-refractivity contribution < 1.29 is 0 Å². The number of rotatable bonds is 3. The summed E-state index contributed by atoms with van der Waals surface area (Å²) in [6.45, 7) is 4.43. The SMILES string of the molecule is Cc1cc(-c2csc(-c3ccccc3)n2)c(C)n1C1CC1. The zero-order valence-electron chi connectivity index (χ0n) is 12.3. The Hall–Kier alpha value is -1.87. The number of hydrogen-bond acceptors (Lipinski definition) is 2. The number of thiazole rings is 1. The van der Waals surface area contributed by atoms with Gasteiger partial charge in [-0.15, -0.1) is 11.3 Å². The smallest absolute Gasteiger partial charge is 0.124 e. The highest BCUT2D eigenvalue weighted by Crippen LogP contribution is 2.41. The molecule has 1 aliphatic carbocycles. The number of nitrogens with zero attached hydrogens (tertiary/aromatic N) is 2. The topological polar surface area (TPSA) is 17.8 Å². The molecule has 4 rings (SSSR count). The lowest BCUT2D eigenvalue weighted by molar-refractivity contribution is 0.700. The van der Waals surface area contributed by atoms with E-state index in [0.29, 0.717) is 0 Å². The normalized spacial score (nSPS) is 14.6. The first-order valence-electron chi connectivity index (χ1n) is 7.44. The lowest BCUT2D eigenvalue weighted by atomic mass is 10.2. The lowest BCUT2D eigenvalue weighted by Gasteiger charge is -2.06. The van der Waals surface area contributed by atoms with Crippen LogP contribution in [0.5, 0.6) is 0 Å². The third-order valence-corrected chi connectivity index (χ3v) is 5.09. The van der Waals surface area contributed by atoms with Crippen molar-refractivity contribution in [3.63, 3.8) is 0 Å². The Kier molecular flexibility index (Phi) is 2.96. The van der Waals surface area contributed by atoms with Gasteiger partial charge in [-0.1, -0.05) is 30.3 Å². The molecule has 2 heterocycles. The fraction of sp³-hybridized carbons (Fsp3) is 0.278. The summed E-state index contributed by atoms with van der Waals surface area (Å²) in [7, 11) is 0. The van der Waals surface area contributed by atoms with Gasteiger partial charge in [-0.3, -0.25) is 0 Å². The van der Waals surface area contributed by atoms with Gasteiger partial charge in [0.2, 0.25) is 0 Å². The van der Waals surface area contributed by atoms with Crippen molar-refractivity contribution in [1.29, 1.82) is 0 Å².